The van der Waals surface area contributed by atoms with Crippen LogP contribution in [0.2, 0.25) is 0 Å². The summed E-state index contributed by atoms with van der Waals surface area (Å²) in [6, 6.07) is 3.45. The zero-order chi connectivity index (χ0) is 16.0. The molecule has 1 amide bonds. The summed E-state index contributed by atoms with van der Waals surface area (Å²) in [5.74, 6) is 2.53. The standard InChI is InChI=1S/C18H24N2O2S/c1-23(22)17-15(3-2-4-19-17)16(21)20-11-18-8-12-5-13(9-18)7-14(6-12)10-18/h2-4,12-14H,5-11H2,1H3,(H,20,21). The van der Waals surface area contributed by atoms with Gasteiger partial charge in [0, 0.05) is 19.0 Å². The van der Waals surface area contributed by atoms with Gasteiger partial charge in [-0.2, -0.15) is 0 Å². The van der Waals surface area contributed by atoms with Gasteiger partial charge in [0.2, 0.25) is 0 Å². The predicted octanol–water partition coefficient (Wildman–Crippen LogP) is 2.77. The highest BCUT2D eigenvalue weighted by Crippen LogP contribution is 2.59. The molecule has 0 aliphatic heterocycles. The van der Waals surface area contributed by atoms with Crippen LogP contribution >= 0.6 is 0 Å². The fraction of sp³-hybridized carbons (Fsp3) is 0.667. The van der Waals surface area contributed by atoms with Gasteiger partial charge in [0.1, 0.15) is 5.03 Å². The molecule has 1 aromatic heterocycles. The maximum absolute atomic E-state index is 12.6. The summed E-state index contributed by atoms with van der Waals surface area (Å²) >= 11 is 0. The van der Waals surface area contributed by atoms with Crippen LogP contribution in [0.1, 0.15) is 48.9 Å². The lowest BCUT2D eigenvalue weighted by atomic mass is 9.49. The van der Waals surface area contributed by atoms with E-state index in [0.717, 1.165) is 24.3 Å². The van der Waals surface area contributed by atoms with Crippen molar-refractivity contribution in [2.45, 2.75) is 43.6 Å². The van der Waals surface area contributed by atoms with Crippen molar-refractivity contribution >= 4 is 16.7 Å². The molecule has 1 atom stereocenters. The molecule has 1 heterocycles. The van der Waals surface area contributed by atoms with Crippen LogP contribution in [0.15, 0.2) is 23.4 Å². The van der Waals surface area contributed by atoms with Crippen LogP contribution < -0.4 is 5.32 Å². The number of amides is 1. The Labute approximate surface area is 139 Å². The molecule has 5 rings (SSSR count). The third kappa shape index (κ3) is 2.84. The second kappa shape index (κ2) is 5.69. The number of carbonyl (C=O) groups excluding carboxylic acids is 1. The molecule has 0 saturated heterocycles. The lowest BCUT2D eigenvalue weighted by Gasteiger charge is -2.56. The third-order valence-corrected chi connectivity index (χ3v) is 6.95. The van der Waals surface area contributed by atoms with Gasteiger partial charge in [0.15, 0.2) is 0 Å². The summed E-state index contributed by atoms with van der Waals surface area (Å²) in [5.41, 5.74) is 0.774. The Kier molecular flexibility index (Phi) is 3.79. The summed E-state index contributed by atoms with van der Waals surface area (Å²) < 4.78 is 11.8. The number of hydrogen-bond donors (Lipinski definition) is 1. The Bertz CT molecular complexity index is 623. The Balaban J connectivity index is 1.47. The van der Waals surface area contributed by atoms with Crippen molar-refractivity contribution < 1.29 is 9.00 Å². The first kappa shape index (κ1) is 15.3. The second-order valence-corrected chi connectivity index (χ2v) is 9.21. The number of aromatic nitrogens is 1. The average Bonchev–Trinajstić information content (AvgIpc) is 2.51. The van der Waals surface area contributed by atoms with Crippen molar-refractivity contribution in [3.05, 3.63) is 23.9 Å². The van der Waals surface area contributed by atoms with Crippen LogP contribution in [0.3, 0.4) is 0 Å². The molecule has 4 aliphatic carbocycles. The molecule has 124 valence electrons. The van der Waals surface area contributed by atoms with Gasteiger partial charge in [-0.3, -0.25) is 9.00 Å². The highest BCUT2D eigenvalue weighted by molar-refractivity contribution is 7.84. The molecule has 4 nitrogen and oxygen atoms in total. The number of pyridine rings is 1. The largest absolute Gasteiger partial charge is 0.351 e. The van der Waals surface area contributed by atoms with Crippen molar-refractivity contribution in [1.29, 1.82) is 0 Å². The molecule has 1 N–H and O–H groups in total. The quantitative estimate of drug-likeness (QED) is 0.922. The van der Waals surface area contributed by atoms with E-state index in [0.29, 0.717) is 16.0 Å². The van der Waals surface area contributed by atoms with Crippen LogP contribution in [-0.4, -0.2) is 27.9 Å². The molecule has 1 aromatic rings. The molecular weight excluding hydrogens is 308 g/mol. The maximum atomic E-state index is 12.6. The minimum atomic E-state index is -1.25. The van der Waals surface area contributed by atoms with E-state index >= 15 is 0 Å². The van der Waals surface area contributed by atoms with E-state index in [-0.39, 0.29) is 5.91 Å². The summed E-state index contributed by atoms with van der Waals surface area (Å²) in [6.07, 6.45) is 11.2. The van der Waals surface area contributed by atoms with E-state index in [1.165, 1.54) is 38.5 Å². The van der Waals surface area contributed by atoms with Crippen LogP contribution in [-0.2, 0) is 10.8 Å². The lowest BCUT2D eigenvalue weighted by Crippen LogP contribution is -2.51. The third-order valence-electron chi connectivity index (χ3n) is 6.08. The first-order chi connectivity index (χ1) is 11.0. The monoisotopic (exact) mass is 332 g/mol. The van der Waals surface area contributed by atoms with Gasteiger partial charge in [-0.1, -0.05) is 0 Å². The normalized spacial score (nSPS) is 36.0. The van der Waals surface area contributed by atoms with Gasteiger partial charge < -0.3 is 5.32 Å². The SMILES string of the molecule is CS(=O)c1ncccc1C(=O)NCC12CC3CC(CC(C3)C1)C2. The molecule has 0 spiro atoms. The molecule has 4 saturated carbocycles. The van der Waals surface area contributed by atoms with Crippen LogP contribution in [0.5, 0.6) is 0 Å². The Morgan fingerprint density at radius 3 is 2.43 bits per heavy atom. The highest BCUT2D eigenvalue weighted by Gasteiger charge is 2.50. The van der Waals surface area contributed by atoms with E-state index in [1.54, 1.807) is 24.6 Å². The van der Waals surface area contributed by atoms with E-state index in [1.807, 2.05) is 0 Å². The summed E-state index contributed by atoms with van der Waals surface area (Å²) in [6.45, 7) is 0.764. The summed E-state index contributed by atoms with van der Waals surface area (Å²) in [7, 11) is -1.25. The molecule has 0 aromatic carbocycles. The van der Waals surface area contributed by atoms with Crippen molar-refractivity contribution in [3.63, 3.8) is 0 Å². The van der Waals surface area contributed by atoms with Crippen LogP contribution in [0.4, 0.5) is 0 Å². The second-order valence-electron chi connectivity index (χ2n) is 7.91. The summed E-state index contributed by atoms with van der Waals surface area (Å²) in [4.78, 5) is 16.7. The zero-order valence-corrected chi connectivity index (χ0v) is 14.4. The number of rotatable bonds is 4. The first-order valence-electron chi connectivity index (χ1n) is 8.61. The first-order valence-corrected chi connectivity index (χ1v) is 10.2. The van der Waals surface area contributed by atoms with Crippen molar-refractivity contribution in [2.75, 3.05) is 12.8 Å². The smallest absolute Gasteiger partial charge is 0.254 e. The Morgan fingerprint density at radius 1 is 1.26 bits per heavy atom. The molecule has 23 heavy (non-hydrogen) atoms. The van der Waals surface area contributed by atoms with E-state index in [4.69, 9.17) is 0 Å². The zero-order valence-electron chi connectivity index (χ0n) is 13.6. The number of nitrogens with one attached hydrogen (secondary N) is 1. The van der Waals surface area contributed by atoms with Gasteiger partial charge in [0.05, 0.1) is 16.4 Å². The molecule has 0 radical (unpaired) electrons. The van der Waals surface area contributed by atoms with Gasteiger partial charge in [0.25, 0.3) is 5.91 Å². The summed E-state index contributed by atoms with van der Waals surface area (Å²) in [5, 5.41) is 3.52. The highest BCUT2D eigenvalue weighted by atomic mass is 32.2. The molecule has 4 aliphatic rings. The van der Waals surface area contributed by atoms with Gasteiger partial charge in [-0.05, 0) is 73.8 Å². The maximum Gasteiger partial charge on any atom is 0.254 e. The van der Waals surface area contributed by atoms with Gasteiger partial charge in [-0.25, -0.2) is 4.98 Å². The fourth-order valence-electron chi connectivity index (χ4n) is 5.66. The molecule has 1 unspecified atom stereocenters. The van der Waals surface area contributed by atoms with Gasteiger partial charge >= 0.3 is 0 Å². The van der Waals surface area contributed by atoms with E-state index in [2.05, 4.69) is 10.3 Å². The van der Waals surface area contributed by atoms with E-state index in [9.17, 15) is 9.00 Å². The molecule has 5 heteroatoms. The Morgan fingerprint density at radius 2 is 1.87 bits per heavy atom. The van der Waals surface area contributed by atoms with Crippen molar-refractivity contribution in [1.82, 2.24) is 10.3 Å². The molecular formula is C18H24N2O2S. The number of hydrogen-bond acceptors (Lipinski definition) is 3. The minimum Gasteiger partial charge on any atom is -0.351 e. The minimum absolute atomic E-state index is 0.126. The van der Waals surface area contributed by atoms with Crippen LogP contribution in [0, 0.1) is 23.2 Å². The number of nitrogens with zero attached hydrogens (tertiary/aromatic N) is 1. The van der Waals surface area contributed by atoms with Crippen molar-refractivity contribution in [2.24, 2.45) is 23.2 Å². The topological polar surface area (TPSA) is 59.1 Å². The van der Waals surface area contributed by atoms with Crippen LogP contribution in [0.25, 0.3) is 0 Å². The average molecular weight is 332 g/mol. The fourth-order valence-corrected chi connectivity index (χ4v) is 6.34. The Hall–Kier alpha value is -1.23. The lowest BCUT2D eigenvalue weighted by molar-refractivity contribution is -0.0503. The molecule has 4 fully saturated rings. The van der Waals surface area contributed by atoms with Gasteiger partial charge in [-0.15, -0.1) is 0 Å². The number of carbonyl (C=O) groups is 1. The van der Waals surface area contributed by atoms with Crippen molar-refractivity contribution in [3.8, 4) is 0 Å². The van der Waals surface area contributed by atoms with E-state index < -0.39 is 10.8 Å². The predicted molar refractivity (Wildman–Crippen MR) is 89.5 cm³/mol. The molecule has 4 bridgehead atoms.